The van der Waals surface area contributed by atoms with Crippen LogP contribution in [-0.2, 0) is 4.79 Å². The van der Waals surface area contributed by atoms with Crippen molar-refractivity contribution >= 4 is 17.5 Å². The van der Waals surface area contributed by atoms with Gasteiger partial charge in [0.15, 0.2) is 0 Å². The molecule has 1 aromatic rings. The van der Waals surface area contributed by atoms with Crippen molar-refractivity contribution in [1.82, 2.24) is 5.32 Å². The molecule has 1 heterocycles. The maximum atomic E-state index is 11.6. The molecule has 2 atom stereocenters. The van der Waals surface area contributed by atoms with Gasteiger partial charge in [0.1, 0.15) is 12.4 Å². The van der Waals surface area contributed by atoms with Crippen molar-refractivity contribution < 1.29 is 9.53 Å². The third-order valence-corrected chi connectivity index (χ3v) is 2.83. The van der Waals surface area contributed by atoms with Crippen LogP contribution in [0.25, 0.3) is 0 Å². The molecule has 1 amide bonds. The second-order valence-corrected chi connectivity index (χ2v) is 4.73. The highest BCUT2D eigenvalue weighted by molar-refractivity contribution is 6.30. The van der Waals surface area contributed by atoms with Crippen molar-refractivity contribution in [2.75, 3.05) is 6.61 Å². The number of benzene rings is 1. The Morgan fingerprint density at radius 1 is 1.71 bits per heavy atom. The minimum Gasteiger partial charge on any atom is -0.491 e. The van der Waals surface area contributed by atoms with Gasteiger partial charge in [-0.15, -0.1) is 0 Å². The number of rotatable bonds is 3. The Hall–Kier alpha value is -1.26. The van der Waals surface area contributed by atoms with Crippen LogP contribution in [0.15, 0.2) is 18.2 Å². The standard InChI is InChI=1S/C12H15ClN2O2/c1-7(14)4-12(16)15-10-6-17-11-3-2-8(13)5-9(10)11/h2-3,5,7,10H,4,6,14H2,1H3,(H,15,16). The highest BCUT2D eigenvalue weighted by atomic mass is 35.5. The molecule has 1 aliphatic heterocycles. The van der Waals surface area contributed by atoms with E-state index in [1.54, 1.807) is 13.0 Å². The SMILES string of the molecule is CC(N)CC(=O)NC1COc2ccc(Cl)cc21. The Labute approximate surface area is 105 Å². The summed E-state index contributed by atoms with van der Waals surface area (Å²) in [5.74, 6) is 0.710. The molecule has 0 saturated carbocycles. The first-order valence-electron chi connectivity index (χ1n) is 5.53. The summed E-state index contributed by atoms with van der Waals surface area (Å²) in [7, 11) is 0. The normalized spacial score (nSPS) is 19.4. The highest BCUT2D eigenvalue weighted by Gasteiger charge is 2.25. The van der Waals surface area contributed by atoms with E-state index >= 15 is 0 Å². The summed E-state index contributed by atoms with van der Waals surface area (Å²) >= 11 is 5.92. The Balaban J connectivity index is 2.06. The molecule has 0 bridgehead atoms. The van der Waals surface area contributed by atoms with Gasteiger partial charge in [0.05, 0.1) is 6.04 Å². The first kappa shape index (κ1) is 12.2. The smallest absolute Gasteiger partial charge is 0.222 e. The molecule has 0 aromatic heterocycles. The van der Waals surface area contributed by atoms with Crippen LogP contribution >= 0.6 is 11.6 Å². The second-order valence-electron chi connectivity index (χ2n) is 4.29. The Kier molecular flexibility index (Phi) is 3.54. The number of nitrogens with two attached hydrogens (primary N) is 1. The molecule has 0 fully saturated rings. The van der Waals surface area contributed by atoms with Gasteiger partial charge in [-0.3, -0.25) is 4.79 Å². The van der Waals surface area contributed by atoms with Crippen LogP contribution in [0.5, 0.6) is 5.75 Å². The Morgan fingerprint density at radius 2 is 2.47 bits per heavy atom. The number of fused-ring (bicyclic) bond motifs is 1. The lowest BCUT2D eigenvalue weighted by molar-refractivity contribution is -0.122. The lowest BCUT2D eigenvalue weighted by Crippen LogP contribution is -2.33. The van der Waals surface area contributed by atoms with Crippen LogP contribution in [0, 0.1) is 0 Å². The number of hydrogen-bond acceptors (Lipinski definition) is 3. The van der Waals surface area contributed by atoms with E-state index in [-0.39, 0.29) is 18.0 Å². The molecule has 0 radical (unpaired) electrons. The van der Waals surface area contributed by atoms with Crippen molar-refractivity contribution in [3.05, 3.63) is 28.8 Å². The quantitative estimate of drug-likeness (QED) is 0.862. The average molecular weight is 255 g/mol. The lowest BCUT2D eigenvalue weighted by Gasteiger charge is -2.13. The molecule has 0 saturated heterocycles. The summed E-state index contributed by atoms with van der Waals surface area (Å²) in [5, 5.41) is 3.53. The van der Waals surface area contributed by atoms with Crippen molar-refractivity contribution in [3.8, 4) is 5.75 Å². The van der Waals surface area contributed by atoms with Crippen LogP contribution in [0.4, 0.5) is 0 Å². The summed E-state index contributed by atoms with van der Waals surface area (Å²) < 4.78 is 5.47. The van der Waals surface area contributed by atoms with Crippen LogP contribution in [0.3, 0.4) is 0 Å². The predicted octanol–water partition coefficient (Wildman–Crippen LogP) is 1.63. The summed E-state index contributed by atoms with van der Waals surface area (Å²) in [5.41, 5.74) is 6.50. The zero-order valence-corrected chi connectivity index (χ0v) is 10.3. The van der Waals surface area contributed by atoms with E-state index in [2.05, 4.69) is 5.32 Å². The number of carbonyl (C=O) groups excluding carboxylic acids is 1. The van der Waals surface area contributed by atoms with E-state index in [0.29, 0.717) is 18.1 Å². The molecule has 3 N–H and O–H groups in total. The molecular weight excluding hydrogens is 240 g/mol. The van der Waals surface area contributed by atoms with Gasteiger partial charge in [-0.1, -0.05) is 11.6 Å². The number of hydrogen-bond donors (Lipinski definition) is 2. The first-order valence-corrected chi connectivity index (χ1v) is 5.91. The monoisotopic (exact) mass is 254 g/mol. The van der Waals surface area contributed by atoms with Gasteiger partial charge < -0.3 is 15.8 Å². The topological polar surface area (TPSA) is 64.4 Å². The van der Waals surface area contributed by atoms with E-state index in [0.717, 1.165) is 11.3 Å². The first-order chi connectivity index (χ1) is 8.06. The Bertz CT molecular complexity index is 435. The number of ether oxygens (including phenoxy) is 1. The van der Waals surface area contributed by atoms with E-state index in [4.69, 9.17) is 22.1 Å². The highest BCUT2D eigenvalue weighted by Crippen LogP contribution is 2.34. The number of amides is 1. The second kappa shape index (κ2) is 4.94. The van der Waals surface area contributed by atoms with Crippen molar-refractivity contribution in [2.24, 2.45) is 5.73 Å². The molecule has 17 heavy (non-hydrogen) atoms. The maximum absolute atomic E-state index is 11.6. The molecule has 2 rings (SSSR count). The van der Waals surface area contributed by atoms with E-state index < -0.39 is 0 Å². The van der Waals surface area contributed by atoms with E-state index in [1.807, 2.05) is 12.1 Å². The number of carbonyl (C=O) groups is 1. The minimum atomic E-state index is -0.142. The molecular formula is C12H15ClN2O2. The summed E-state index contributed by atoms with van der Waals surface area (Å²) in [4.78, 5) is 11.6. The van der Waals surface area contributed by atoms with Crippen molar-refractivity contribution in [2.45, 2.75) is 25.4 Å². The molecule has 0 spiro atoms. The molecule has 1 aliphatic rings. The minimum absolute atomic E-state index is 0.0681. The zero-order chi connectivity index (χ0) is 12.4. The fourth-order valence-corrected chi connectivity index (χ4v) is 2.03. The lowest BCUT2D eigenvalue weighted by atomic mass is 10.1. The van der Waals surface area contributed by atoms with Gasteiger partial charge in [0.25, 0.3) is 0 Å². The Morgan fingerprint density at radius 3 is 3.18 bits per heavy atom. The number of nitrogens with one attached hydrogen (secondary N) is 1. The van der Waals surface area contributed by atoms with Gasteiger partial charge >= 0.3 is 0 Å². The fraction of sp³-hybridized carbons (Fsp3) is 0.417. The average Bonchev–Trinajstić information content (AvgIpc) is 2.60. The molecule has 4 nitrogen and oxygen atoms in total. The predicted molar refractivity (Wildman–Crippen MR) is 66.1 cm³/mol. The number of halogens is 1. The summed E-state index contributed by atoms with van der Waals surface area (Å²) in [6.07, 6.45) is 0.312. The summed E-state index contributed by atoms with van der Waals surface area (Å²) in [6.45, 7) is 2.25. The molecule has 1 aromatic carbocycles. The fourth-order valence-electron chi connectivity index (χ4n) is 1.85. The maximum Gasteiger partial charge on any atom is 0.222 e. The van der Waals surface area contributed by atoms with Crippen molar-refractivity contribution in [1.29, 1.82) is 0 Å². The van der Waals surface area contributed by atoms with Gasteiger partial charge in [-0.05, 0) is 25.1 Å². The van der Waals surface area contributed by atoms with Crippen LogP contribution < -0.4 is 15.8 Å². The van der Waals surface area contributed by atoms with Crippen LogP contribution in [0.1, 0.15) is 24.9 Å². The molecule has 5 heteroatoms. The van der Waals surface area contributed by atoms with Gasteiger partial charge in [0, 0.05) is 23.0 Å². The molecule has 0 aliphatic carbocycles. The third-order valence-electron chi connectivity index (χ3n) is 2.60. The van der Waals surface area contributed by atoms with Gasteiger partial charge in [-0.25, -0.2) is 0 Å². The van der Waals surface area contributed by atoms with Crippen LogP contribution in [-0.4, -0.2) is 18.6 Å². The van der Waals surface area contributed by atoms with E-state index in [9.17, 15) is 4.79 Å². The third kappa shape index (κ3) is 2.90. The van der Waals surface area contributed by atoms with E-state index in [1.165, 1.54) is 0 Å². The van der Waals surface area contributed by atoms with Crippen LogP contribution in [0.2, 0.25) is 5.02 Å². The zero-order valence-electron chi connectivity index (χ0n) is 9.57. The van der Waals surface area contributed by atoms with Gasteiger partial charge in [0.2, 0.25) is 5.91 Å². The van der Waals surface area contributed by atoms with Crippen molar-refractivity contribution in [3.63, 3.8) is 0 Å². The summed E-state index contributed by atoms with van der Waals surface area (Å²) in [6, 6.07) is 5.13. The molecule has 92 valence electrons. The van der Waals surface area contributed by atoms with Gasteiger partial charge in [-0.2, -0.15) is 0 Å². The molecule has 2 unspecified atom stereocenters. The largest absolute Gasteiger partial charge is 0.491 e.